The smallest absolute Gasteiger partial charge is 0.407 e. The fraction of sp³-hybridized carbons (Fsp3) is 0.423. The molecule has 2 aliphatic rings. The zero-order chi connectivity index (χ0) is 24.0. The molecule has 174 valence electrons. The highest BCUT2D eigenvalue weighted by molar-refractivity contribution is 5.87. The summed E-state index contributed by atoms with van der Waals surface area (Å²) in [6, 6.07) is 15.4. The van der Waals surface area contributed by atoms with Gasteiger partial charge in [0.25, 0.3) is 0 Å². The van der Waals surface area contributed by atoms with E-state index in [9.17, 15) is 19.5 Å². The molecule has 1 aliphatic carbocycles. The Hall–Kier alpha value is -3.35. The molecule has 2 N–H and O–H groups in total. The molecule has 0 radical (unpaired) electrons. The van der Waals surface area contributed by atoms with E-state index in [1.807, 2.05) is 38.1 Å². The van der Waals surface area contributed by atoms with Crippen molar-refractivity contribution in [2.24, 2.45) is 5.41 Å². The van der Waals surface area contributed by atoms with E-state index in [1.165, 1.54) is 4.90 Å². The predicted molar refractivity (Wildman–Crippen MR) is 124 cm³/mol. The third kappa shape index (κ3) is 4.32. The van der Waals surface area contributed by atoms with E-state index in [0.29, 0.717) is 6.54 Å². The van der Waals surface area contributed by atoms with Gasteiger partial charge in [-0.3, -0.25) is 4.79 Å². The van der Waals surface area contributed by atoms with Gasteiger partial charge >= 0.3 is 12.1 Å². The van der Waals surface area contributed by atoms with Gasteiger partial charge in [-0.25, -0.2) is 9.59 Å². The van der Waals surface area contributed by atoms with Crippen molar-refractivity contribution in [2.45, 2.75) is 51.6 Å². The third-order valence-corrected chi connectivity index (χ3v) is 6.56. The molecule has 1 aliphatic heterocycles. The molecule has 1 fully saturated rings. The number of aliphatic carboxylic acids is 1. The van der Waals surface area contributed by atoms with Crippen molar-refractivity contribution in [1.82, 2.24) is 10.2 Å². The van der Waals surface area contributed by atoms with Gasteiger partial charge in [0.05, 0.1) is 0 Å². The second kappa shape index (κ2) is 8.21. The zero-order valence-electron chi connectivity index (χ0n) is 19.4. The van der Waals surface area contributed by atoms with Crippen LogP contribution in [-0.2, 0) is 14.3 Å². The molecule has 2 amide bonds. The Bertz CT molecular complexity index is 1060. The minimum absolute atomic E-state index is 0.0168. The lowest BCUT2D eigenvalue weighted by molar-refractivity contribution is -0.172. The molecule has 1 heterocycles. The molecule has 33 heavy (non-hydrogen) atoms. The predicted octanol–water partition coefficient (Wildman–Crippen LogP) is 4.02. The van der Waals surface area contributed by atoms with Crippen LogP contribution in [0.2, 0.25) is 0 Å². The summed E-state index contributed by atoms with van der Waals surface area (Å²) in [5, 5.41) is 12.2. The van der Waals surface area contributed by atoms with Crippen LogP contribution in [0.25, 0.3) is 11.1 Å². The Morgan fingerprint density at radius 1 is 1.06 bits per heavy atom. The summed E-state index contributed by atoms with van der Waals surface area (Å²) in [4.78, 5) is 38.3. The summed E-state index contributed by atoms with van der Waals surface area (Å²) < 4.78 is 5.58. The first-order chi connectivity index (χ1) is 15.5. The van der Waals surface area contributed by atoms with Crippen molar-refractivity contribution < 1.29 is 24.2 Å². The number of hydrogen-bond acceptors (Lipinski definition) is 4. The molecule has 0 saturated carbocycles. The number of nitrogens with one attached hydrogen (secondary N) is 1. The third-order valence-electron chi connectivity index (χ3n) is 6.56. The number of carboxylic acids is 1. The van der Waals surface area contributed by atoms with E-state index >= 15 is 0 Å². The number of amides is 2. The average molecular weight is 451 g/mol. The quantitative estimate of drug-likeness (QED) is 0.693. The van der Waals surface area contributed by atoms with Crippen LogP contribution < -0.4 is 5.32 Å². The largest absolute Gasteiger partial charge is 0.480 e. The normalized spacial score (nSPS) is 18.7. The second-order valence-corrected chi connectivity index (χ2v) is 10.3. The van der Waals surface area contributed by atoms with Crippen molar-refractivity contribution >= 4 is 18.0 Å². The van der Waals surface area contributed by atoms with Gasteiger partial charge < -0.3 is 20.1 Å². The molecular formula is C26H30N2O5. The minimum atomic E-state index is -1.01. The minimum Gasteiger partial charge on any atom is -0.480 e. The molecule has 2 aromatic rings. The highest BCUT2D eigenvalue weighted by atomic mass is 16.5. The zero-order valence-corrected chi connectivity index (χ0v) is 19.4. The number of carboxylic acid groups (broad SMARTS) is 1. The van der Waals surface area contributed by atoms with E-state index in [2.05, 4.69) is 29.6 Å². The summed E-state index contributed by atoms with van der Waals surface area (Å²) >= 11 is 0. The summed E-state index contributed by atoms with van der Waals surface area (Å²) in [6.07, 6.45) is -0.620. The maximum Gasteiger partial charge on any atom is 0.407 e. The van der Waals surface area contributed by atoms with E-state index < -0.39 is 29.1 Å². The molecule has 7 heteroatoms. The average Bonchev–Trinajstić information content (AvgIpc) is 3.03. The molecule has 4 rings (SSSR count). The molecule has 0 bridgehead atoms. The van der Waals surface area contributed by atoms with Gasteiger partial charge in [-0.2, -0.15) is 0 Å². The number of carbonyl (C=O) groups is 3. The Morgan fingerprint density at radius 3 is 2.12 bits per heavy atom. The summed E-state index contributed by atoms with van der Waals surface area (Å²) in [5.74, 6) is -1.36. The Kier molecular flexibility index (Phi) is 5.68. The number of carbonyl (C=O) groups excluding carboxylic acids is 2. The molecule has 2 aromatic carbocycles. The Labute approximate surface area is 193 Å². The van der Waals surface area contributed by atoms with Crippen LogP contribution in [0.1, 0.15) is 51.2 Å². The lowest BCUT2D eigenvalue weighted by Gasteiger charge is -2.52. The highest BCUT2D eigenvalue weighted by Crippen LogP contribution is 2.44. The van der Waals surface area contributed by atoms with E-state index in [0.717, 1.165) is 22.3 Å². The number of nitrogens with zero attached hydrogens (tertiary/aromatic N) is 1. The van der Waals surface area contributed by atoms with E-state index in [-0.39, 0.29) is 24.9 Å². The van der Waals surface area contributed by atoms with Gasteiger partial charge in [0, 0.05) is 29.8 Å². The number of benzene rings is 2. The van der Waals surface area contributed by atoms with Gasteiger partial charge in [-0.15, -0.1) is 0 Å². The first-order valence-corrected chi connectivity index (χ1v) is 11.2. The molecule has 1 saturated heterocycles. The van der Waals surface area contributed by atoms with Gasteiger partial charge in [0.15, 0.2) is 0 Å². The topological polar surface area (TPSA) is 95.9 Å². The first-order valence-electron chi connectivity index (χ1n) is 11.2. The maximum absolute atomic E-state index is 12.7. The fourth-order valence-electron chi connectivity index (χ4n) is 5.06. The van der Waals surface area contributed by atoms with Crippen molar-refractivity contribution in [2.75, 3.05) is 13.2 Å². The van der Waals surface area contributed by atoms with Gasteiger partial charge in [0.1, 0.15) is 12.6 Å². The van der Waals surface area contributed by atoms with Crippen molar-refractivity contribution in [3.05, 3.63) is 59.7 Å². The van der Waals surface area contributed by atoms with Crippen molar-refractivity contribution in [1.29, 1.82) is 0 Å². The van der Waals surface area contributed by atoms with E-state index in [1.54, 1.807) is 13.8 Å². The Balaban J connectivity index is 1.36. The monoisotopic (exact) mass is 450 g/mol. The molecule has 1 atom stereocenters. The lowest BCUT2D eigenvalue weighted by Crippen LogP contribution is -2.67. The number of hydrogen-bond donors (Lipinski definition) is 2. The number of likely N-dealkylation sites (tertiary alicyclic amines) is 1. The SMILES string of the molecule is CC(C)(CC(=O)N1CC(C)(C)C1C(=O)O)NC(=O)OCC1c2ccccc2-c2ccccc21. The standard InChI is InChI=1S/C26H30N2O5/c1-25(2)15-28(22(25)23(30)31)21(29)13-26(3,4)27-24(32)33-14-20-18-11-7-5-9-16(18)17-10-6-8-12-19(17)20/h5-12,20,22H,13-15H2,1-4H3,(H,27,32)(H,30,31). The van der Waals surface area contributed by atoms with Crippen molar-refractivity contribution in [3.8, 4) is 11.1 Å². The molecular weight excluding hydrogens is 420 g/mol. The molecule has 0 spiro atoms. The van der Waals surface area contributed by atoms with Gasteiger partial charge in [-0.05, 0) is 36.1 Å². The summed E-state index contributed by atoms with van der Waals surface area (Å²) in [7, 11) is 0. The molecule has 0 aromatic heterocycles. The lowest BCUT2D eigenvalue weighted by atomic mass is 9.74. The number of alkyl carbamates (subject to hydrolysis) is 1. The van der Waals surface area contributed by atoms with Crippen LogP contribution in [0, 0.1) is 5.41 Å². The van der Waals surface area contributed by atoms with Crippen LogP contribution in [0.5, 0.6) is 0 Å². The van der Waals surface area contributed by atoms with E-state index in [4.69, 9.17) is 4.74 Å². The van der Waals surface area contributed by atoms with Crippen LogP contribution >= 0.6 is 0 Å². The van der Waals surface area contributed by atoms with Gasteiger partial charge in [-0.1, -0.05) is 62.4 Å². The number of fused-ring (bicyclic) bond motifs is 3. The Morgan fingerprint density at radius 2 is 1.61 bits per heavy atom. The summed E-state index contributed by atoms with van der Waals surface area (Å²) in [6.45, 7) is 7.68. The second-order valence-electron chi connectivity index (χ2n) is 10.3. The van der Waals surface area contributed by atoms with Gasteiger partial charge in [0.2, 0.25) is 5.91 Å². The number of rotatable bonds is 6. The van der Waals surface area contributed by atoms with Crippen LogP contribution in [0.15, 0.2) is 48.5 Å². The van der Waals surface area contributed by atoms with Crippen molar-refractivity contribution in [3.63, 3.8) is 0 Å². The molecule has 1 unspecified atom stereocenters. The van der Waals surface area contributed by atoms with Crippen LogP contribution in [0.4, 0.5) is 4.79 Å². The molecule has 7 nitrogen and oxygen atoms in total. The summed E-state index contributed by atoms with van der Waals surface area (Å²) in [5.41, 5.74) is 3.20. The number of ether oxygens (including phenoxy) is 1. The first kappa shape index (κ1) is 22.8. The van der Waals surface area contributed by atoms with Crippen LogP contribution in [-0.4, -0.2) is 52.7 Å². The van der Waals surface area contributed by atoms with Crippen LogP contribution in [0.3, 0.4) is 0 Å². The maximum atomic E-state index is 12.7. The highest BCUT2D eigenvalue weighted by Gasteiger charge is 2.52. The fourth-order valence-corrected chi connectivity index (χ4v) is 5.06.